The molecule has 22 heavy (non-hydrogen) atoms. The maximum absolute atomic E-state index is 10.8. The Hall–Kier alpha value is -1.54. The van der Waals surface area contributed by atoms with E-state index >= 15 is 0 Å². The van der Waals surface area contributed by atoms with Gasteiger partial charge in [-0.25, -0.2) is 0 Å². The predicted molar refractivity (Wildman–Crippen MR) is 92.0 cm³/mol. The number of allylic oxidation sites excluding steroid dienone is 3. The summed E-state index contributed by atoms with van der Waals surface area (Å²) >= 11 is 0. The van der Waals surface area contributed by atoms with Crippen LogP contribution in [0.4, 0.5) is 0 Å². The number of ether oxygens (including phenoxy) is 1. The highest BCUT2D eigenvalue weighted by Gasteiger charge is 2.31. The summed E-state index contributed by atoms with van der Waals surface area (Å²) in [5.41, 5.74) is 1.48. The van der Waals surface area contributed by atoms with E-state index in [4.69, 9.17) is 4.74 Å². The van der Waals surface area contributed by atoms with E-state index in [1.54, 1.807) is 7.11 Å². The van der Waals surface area contributed by atoms with Crippen molar-refractivity contribution in [3.8, 4) is 5.75 Å². The second kappa shape index (κ2) is 6.29. The third-order valence-electron chi connectivity index (χ3n) is 4.85. The minimum atomic E-state index is -0.998. The zero-order chi connectivity index (χ0) is 16.4. The SMILES string of the molecule is COc1cccc(C(C)(O)/C=C/C2C(C)=CCCC2(C)C)c1. The van der Waals surface area contributed by atoms with Crippen molar-refractivity contribution in [3.63, 3.8) is 0 Å². The molecule has 0 fully saturated rings. The third kappa shape index (κ3) is 3.61. The zero-order valence-electron chi connectivity index (χ0n) is 14.4. The highest BCUT2D eigenvalue weighted by molar-refractivity contribution is 5.35. The molecule has 1 aliphatic carbocycles. The van der Waals surface area contributed by atoms with E-state index in [1.807, 2.05) is 37.3 Å². The third-order valence-corrected chi connectivity index (χ3v) is 4.85. The monoisotopic (exact) mass is 300 g/mol. The Balaban J connectivity index is 2.26. The fourth-order valence-corrected chi connectivity index (χ4v) is 3.30. The van der Waals surface area contributed by atoms with Crippen molar-refractivity contribution in [1.29, 1.82) is 0 Å². The number of hydrogen-bond acceptors (Lipinski definition) is 2. The lowest BCUT2D eigenvalue weighted by Crippen LogP contribution is -2.27. The minimum Gasteiger partial charge on any atom is -0.497 e. The van der Waals surface area contributed by atoms with Gasteiger partial charge in [0, 0.05) is 5.92 Å². The average Bonchev–Trinajstić information content (AvgIpc) is 2.46. The summed E-state index contributed by atoms with van der Waals surface area (Å²) in [7, 11) is 1.64. The molecule has 0 spiro atoms. The van der Waals surface area contributed by atoms with Crippen LogP contribution in [0.3, 0.4) is 0 Å². The Morgan fingerprint density at radius 2 is 2.09 bits per heavy atom. The minimum absolute atomic E-state index is 0.236. The molecule has 0 saturated heterocycles. The highest BCUT2D eigenvalue weighted by Crippen LogP contribution is 2.42. The Kier molecular flexibility index (Phi) is 4.81. The molecule has 0 bridgehead atoms. The van der Waals surface area contributed by atoms with Gasteiger partial charge in [-0.15, -0.1) is 0 Å². The normalized spacial score (nSPS) is 23.9. The van der Waals surface area contributed by atoms with Crippen LogP contribution in [0.25, 0.3) is 0 Å². The Morgan fingerprint density at radius 3 is 2.73 bits per heavy atom. The van der Waals surface area contributed by atoms with E-state index < -0.39 is 5.60 Å². The lowest BCUT2D eigenvalue weighted by Gasteiger charge is -2.37. The van der Waals surface area contributed by atoms with Gasteiger partial charge in [0.25, 0.3) is 0 Å². The van der Waals surface area contributed by atoms with Crippen molar-refractivity contribution < 1.29 is 9.84 Å². The average molecular weight is 300 g/mol. The topological polar surface area (TPSA) is 29.5 Å². The van der Waals surface area contributed by atoms with Crippen molar-refractivity contribution >= 4 is 0 Å². The van der Waals surface area contributed by atoms with Gasteiger partial charge in [0.1, 0.15) is 11.4 Å². The molecule has 1 aliphatic rings. The summed E-state index contributed by atoms with van der Waals surface area (Å²) in [6.45, 7) is 8.63. The summed E-state index contributed by atoms with van der Waals surface area (Å²) in [5.74, 6) is 1.14. The fraction of sp³-hybridized carbons (Fsp3) is 0.500. The molecule has 2 rings (SSSR count). The molecule has 1 aromatic carbocycles. The van der Waals surface area contributed by atoms with Crippen LogP contribution in [-0.2, 0) is 5.60 Å². The van der Waals surface area contributed by atoms with Gasteiger partial charge in [-0.05, 0) is 49.8 Å². The molecule has 0 heterocycles. The van der Waals surface area contributed by atoms with Crippen LogP contribution in [0.2, 0.25) is 0 Å². The van der Waals surface area contributed by atoms with E-state index in [1.165, 1.54) is 12.0 Å². The van der Waals surface area contributed by atoms with Gasteiger partial charge in [-0.1, -0.05) is 49.8 Å². The first-order valence-electron chi connectivity index (χ1n) is 7.99. The largest absolute Gasteiger partial charge is 0.497 e. The molecule has 2 unspecified atom stereocenters. The maximum Gasteiger partial charge on any atom is 0.119 e. The van der Waals surface area contributed by atoms with Crippen LogP contribution in [-0.4, -0.2) is 12.2 Å². The number of aliphatic hydroxyl groups is 1. The molecule has 1 N–H and O–H groups in total. The number of benzene rings is 1. The van der Waals surface area contributed by atoms with E-state index in [0.717, 1.165) is 17.7 Å². The Morgan fingerprint density at radius 1 is 1.36 bits per heavy atom. The van der Waals surface area contributed by atoms with E-state index in [-0.39, 0.29) is 5.41 Å². The van der Waals surface area contributed by atoms with Gasteiger partial charge in [-0.3, -0.25) is 0 Å². The number of methoxy groups -OCH3 is 1. The van der Waals surface area contributed by atoms with E-state index in [0.29, 0.717) is 5.92 Å². The number of hydrogen-bond donors (Lipinski definition) is 1. The molecule has 0 saturated carbocycles. The highest BCUT2D eigenvalue weighted by atomic mass is 16.5. The molecule has 0 aromatic heterocycles. The van der Waals surface area contributed by atoms with Crippen LogP contribution in [0.1, 0.15) is 46.1 Å². The van der Waals surface area contributed by atoms with Crippen molar-refractivity contribution in [2.24, 2.45) is 11.3 Å². The fourth-order valence-electron chi connectivity index (χ4n) is 3.30. The van der Waals surface area contributed by atoms with Gasteiger partial charge in [-0.2, -0.15) is 0 Å². The molecule has 1 aromatic rings. The first-order chi connectivity index (χ1) is 10.3. The molecule has 120 valence electrons. The lowest BCUT2D eigenvalue weighted by molar-refractivity contribution is 0.109. The van der Waals surface area contributed by atoms with Gasteiger partial charge in [0.05, 0.1) is 7.11 Å². The van der Waals surface area contributed by atoms with Crippen LogP contribution in [0.5, 0.6) is 5.75 Å². The van der Waals surface area contributed by atoms with Gasteiger partial charge < -0.3 is 9.84 Å². The molecule has 0 aliphatic heterocycles. The summed E-state index contributed by atoms with van der Waals surface area (Å²) in [6.07, 6.45) is 8.75. The Bertz CT molecular complexity index is 579. The summed E-state index contributed by atoms with van der Waals surface area (Å²) in [5, 5.41) is 10.8. The van der Waals surface area contributed by atoms with Crippen molar-refractivity contribution in [2.75, 3.05) is 7.11 Å². The molecular formula is C20H28O2. The van der Waals surface area contributed by atoms with Gasteiger partial charge >= 0.3 is 0 Å². The van der Waals surface area contributed by atoms with Crippen LogP contribution in [0, 0.1) is 11.3 Å². The lowest BCUT2D eigenvalue weighted by atomic mass is 9.68. The van der Waals surface area contributed by atoms with Crippen molar-refractivity contribution in [2.45, 2.75) is 46.1 Å². The second-order valence-corrected chi connectivity index (χ2v) is 7.19. The van der Waals surface area contributed by atoms with Crippen molar-refractivity contribution in [1.82, 2.24) is 0 Å². The van der Waals surface area contributed by atoms with Crippen LogP contribution in [0.15, 0.2) is 48.1 Å². The molecule has 2 heteroatoms. The molecule has 0 radical (unpaired) electrons. The molecule has 0 amide bonds. The summed E-state index contributed by atoms with van der Waals surface area (Å²) in [4.78, 5) is 0. The summed E-state index contributed by atoms with van der Waals surface area (Å²) in [6, 6.07) is 7.62. The smallest absolute Gasteiger partial charge is 0.119 e. The van der Waals surface area contributed by atoms with Gasteiger partial charge in [0.15, 0.2) is 0 Å². The molecular weight excluding hydrogens is 272 g/mol. The maximum atomic E-state index is 10.8. The van der Waals surface area contributed by atoms with E-state index in [2.05, 4.69) is 32.9 Å². The molecule has 2 atom stereocenters. The van der Waals surface area contributed by atoms with Crippen molar-refractivity contribution in [3.05, 3.63) is 53.6 Å². The van der Waals surface area contributed by atoms with E-state index in [9.17, 15) is 5.11 Å². The molecule has 2 nitrogen and oxygen atoms in total. The van der Waals surface area contributed by atoms with Gasteiger partial charge in [0.2, 0.25) is 0 Å². The first kappa shape index (κ1) is 16.8. The van der Waals surface area contributed by atoms with Crippen LogP contribution >= 0.6 is 0 Å². The second-order valence-electron chi connectivity index (χ2n) is 7.19. The van der Waals surface area contributed by atoms with Crippen LogP contribution < -0.4 is 4.74 Å². The Labute approximate surface area is 134 Å². The predicted octanol–water partition coefficient (Wildman–Crippen LogP) is 4.84. The summed E-state index contributed by atoms with van der Waals surface area (Å²) < 4.78 is 5.25. The standard InChI is InChI=1S/C20H28O2/c1-15-8-7-12-19(2,3)18(15)11-13-20(4,21)16-9-6-10-17(14-16)22-5/h6,8-11,13-14,18,21H,7,12H2,1-5H3/b13-11+. The first-order valence-corrected chi connectivity index (χ1v) is 7.99. The number of rotatable bonds is 4. The quantitative estimate of drug-likeness (QED) is 0.806. The zero-order valence-corrected chi connectivity index (χ0v) is 14.4.